The van der Waals surface area contributed by atoms with Gasteiger partial charge in [0.2, 0.25) is 0 Å². The predicted molar refractivity (Wildman–Crippen MR) is 106 cm³/mol. The predicted octanol–water partition coefficient (Wildman–Crippen LogP) is -2.24. The molecule has 2 aliphatic rings. The number of aliphatic hydroxyl groups is 7. The summed E-state index contributed by atoms with van der Waals surface area (Å²) in [6.45, 7) is 2.72. The minimum atomic E-state index is -1.70. The molecular weight excluding hydrogens is 416 g/mol. The number of ether oxygens (including phenoxy) is 4. The molecule has 0 spiro atoms. The Hall–Kier alpha value is -0.700. The molecule has 0 aliphatic carbocycles. The molecule has 10 atom stereocenters. The Bertz CT molecular complexity index is 517. The van der Waals surface area contributed by atoms with Crippen molar-refractivity contribution in [1.82, 2.24) is 0 Å². The van der Waals surface area contributed by atoms with E-state index in [1.165, 1.54) is 0 Å². The molecule has 2 aliphatic heterocycles. The number of hydrogen-bond acceptors (Lipinski definition) is 11. The topological polar surface area (TPSA) is 179 Å². The number of allylic oxidation sites excluding steroid dienone is 1. The Morgan fingerprint density at radius 3 is 1.97 bits per heavy atom. The molecular formula is C20H36O11. The van der Waals surface area contributed by atoms with Crippen LogP contribution in [-0.4, -0.2) is 117 Å². The average Bonchev–Trinajstić information content (AvgIpc) is 2.77. The van der Waals surface area contributed by atoms with Gasteiger partial charge in [-0.05, 0) is 19.3 Å². The maximum absolute atomic E-state index is 10.5. The first-order valence-electron chi connectivity index (χ1n) is 10.7. The highest BCUT2D eigenvalue weighted by Gasteiger charge is 2.50. The maximum atomic E-state index is 10.5. The molecule has 0 aromatic carbocycles. The van der Waals surface area contributed by atoms with Gasteiger partial charge in [0.1, 0.15) is 48.8 Å². The van der Waals surface area contributed by atoms with Crippen LogP contribution in [0.4, 0.5) is 0 Å². The molecule has 182 valence electrons. The van der Waals surface area contributed by atoms with Crippen LogP contribution < -0.4 is 0 Å². The van der Waals surface area contributed by atoms with Crippen molar-refractivity contribution < 1.29 is 54.7 Å². The zero-order valence-corrected chi connectivity index (χ0v) is 17.5. The van der Waals surface area contributed by atoms with Gasteiger partial charge in [0.25, 0.3) is 0 Å². The quantitative estimate of drug-likeness (QED) is 0.126. The SMILES string of the molecule is C=CCCCCCCO[C@@H]1O[C@H](CO)[C@H](O[C@@H]2O[C@H](CO)[C@@H](O)[C@H](O)[C@H]2O)[C@H](O)[C@H]1O. The standard InChI is InChI=1S/C20H36O11/c1-2-3-4-5-6-7-8-28-19-17(27)15(25)18(12(10-22)30-19)31-20-16(26)14(24)13(23)11(9-21)29-20/h2,11-27H,1,3-10H2/t11-,12-,13-,14+,15-,16-,17-,18+,19-,20+/m1/s1. The summed E-state index contributed by atoms with van der Waals surface area (Å²) < 4.78 is 21.8. The lowest BCUT2D eigenvalue weighted by atomic mass is 9.97. The van der Waals surface area contributed by atoms with Crippen LogP contribution in [0.15, 0.2) is 12.7 Å². The smallest absolute Gasteiger partial charge is 0.187 e. The molecule has 0 saturated carbocycles. The summed E-state index contributed by atoms with van der Waals surface area (Å²) in [5.74, 6) is 0. The molecule has 11 nitrogen and oxygen atoms in total. The van der Waals surface area contributed by atoms with Crippen LogP contribution in [0.5, 0.6) is 0 Å². The van der Waals surface area contributed by atoms with Gasteiger partial charge in [0.05, 0.1) is 13.2 Å². The van der Waals surface area contributed by atoms with E-state index < -0.39 is 74.6 Å². The molecule has 0 aromatic rings. The van der Waals surface area contributed by atoms with E-state index in [4.69, 9.17) is 18.9 Å². The third kappa shape index (κ3) is 6.89. The molecule has 0 radical (unpaired) electrons. The van der Waals surface area contributed by atoms with E-state index in [-0.39, 0.29) is 0 Å². The zero-order chi connectivity index (χ0) is 23.0. The third-order valence-electron chi connectivity index (χ3n) is 5.55. The molecule has 0 bridgehead atoms. The normalized spacial score (nSPS) is 41.3. The zero-order valence-electron chi connectivity index (χ0n) is 17.5. The molecule has 11 heteroatoms. The second kappa shape index (κ2) is 13.1. The van der Waals surface area contributed by atoms with Crippen molar-refractivity contribution >= 4 is 0 Å². The molecule has 7 N–H and O–H groups in total. The van der Waals surface area contributed by atoms with Crippen molar-refractivity contribution in [2.45, 2.75) is 93.5 Å². The Kier molecular flexibility index (Phi) is 11.2. The Morgan fingerprint density at radius 2 is 1.32 bits per heavy atom. The first-order chi connectivity index (χ1) is 14.8. The number of hydrogen-bond donors (Lipinski definition) is 7. The molecule has 0 unspecified atom stereocenters. The van der Waals surface area contributed by atoms with E-state index >= 15 is 0 Å². The summed E-state index contributed by atoms with van der Waals surface area (Å²) in [4.78, 5) is 0. The maximum Gasteiger partial charge on any atom is 0.187 e. The Morgan fingerprint density at radius 1 is 0.710 bits per heavy atom. The van der Waals surface area contributed by atoms with Crippen molar-refractivity contribution in [3.63, 3.8) is 0 Å². The van der Waals surface area contributed by atoms with Gasteiger partial charge in [-0.15, -0.1) is 6.58 Å². The van der Waals surface area contributed by atoms with Crippen molar-refractivity contribution in [3.8, 4) is 0 Å². The number of aliphatic hydroxyl groups excluding tert-OH is 7. The molecule has 31 heavy (non-hydrogen) atoms. The van der Waals surface area contributed by atoms with Gasteiger partial charge in [-0.1, -0.05) is 18.9 Å². The van der Waals surface area contributed by atoms with Gasteiger partial charge in [0, 0.05) is 6.61 Å². The first kappa shape index (κ1) is 26.6. The number of unbranched alkanes of at least 4 members (excludes halogenated alkanes) is 4. The van der Waals surface area contributed by atoms with Crippen LogP contribution in [0.25, 0.3) is 0 Å². The van der Waals surface area contributed by atoms with Gasteiger partial charge in [-0.25, -0.2) is 0 Å². The van der Waals surface area contributed by atoms with Crippen molar-refractivity contribution in [3.05, 3.63) is 12.7 Å². The third-order valence-corrected chi connectivity index (χ3v) is 5.55. The molecule has 0 aromatic heterocycles. The van der Waals surface area contributed by atoms with Crippen LogP contribution in [-0.2, 0) is 18.9 Å². The van der Waals surface area contributed by atoms with E-state index in [9.17, 15) is 35.7 Å². The summed E-state index contributed by atoms with van der Waals surface area (Å²) in [7, 11) is 0. The lowest BCUT2D eigenvalue weighted by Crippen LogP contribution is -2.64. The minimum Gasteiger partial charge on any atom is -0.394 e. The van der Waals surface area contributed by atoms with Crippen LogP contribution in [0.1, 0.15) is 32.1 Å². The Labute approximate surface area is 181 Å². The highest BCUT2D eigenvalue weighted by atomic mass is 16.7. The van der Waals surface area contributed by atoms with Gasteiger partial charge >= 0.3 is 0 Å². The lowest BCUT2D eigenvalue weighted by Gasteiger charge is -2.45. The minimum absolute atomic E-state index is 0.291. The van der Waals surface area contributed by atoms with E-state index in [0.29, 0.717) is 6.61 Å². The van der Waals surface area contributed by atoms with Crippen LogP contribution in [0.2, 0.25) is 0 Å². The summed E-state index contributed by atoms with van der Waals surface area (Å²) in [5.41, 5.74) is 0. The Balaban J connectivity index is 1.90. The average molecular weight is 452 g/mol. The fraction of sp³-hybridized carbons (Fsp3) is 0.900. The molecule has 2 fully saturated rings. The van der Waals surface area contributed by atoms with E-state index in [1.54, 1.807) is 0 Å². The first-order valence-corrected chi connectivity index (χ1v) is 10.7. The van der Waals surface area contributed by atoms with Gasteiger partial charge in [-0.3, -0.25) is 0 Å². The summed E-state index contributed by atoms with van der Waals surface area (Å²) >= 11 is 0. The van der Waals surface area contributed by atoms with Gasteiger partial charge in [0.15, 0.2) is 12.6 Å². The van der Waals surface area contributed by atoms with Crippen molar-refractivity contribution in [2.24, 2.45) is 0 Å². The van der Waals surface area contributed by atoms with Crippen molar-refractivity contribution in [2.75, 3.05) is 19.8 Å². The monoisotopic (exact) mass is 452 g/mol. The molecule has 2 heterocycles. The summed E-state index contributed by atoms with van der Waals surface area (Å²) in [6, 6.07) is 0. The highest BCUT2D eigenvalue weighted by molar-refractivity contribution is 4.94. The summed E-state index contributed by atoms with van der Waals surface area (Å²) in [6.07, 6.45) is -7.87. The highest BCUT2D eigenvalue weighted by Crippen LogP contribution is 2.29. The fourth-order valence-electron chi connectivity index (χ4n) is 3.64. The lowest BCUT2D eigenvalue weighted by molar-refractivity contribution is -0.359. The second-order valence-electron chi connectivity index (χ2n) is 7.87. The second-order valence-corrected chi connectivity index (χ2v) is 7.87. The van der Waals surface area contributed by atoms with Crippen LogP contribution >= 0.6 is 0 Å². The molecule has 0 amide bonds. The van der Waals surface area contributed by atoms with E-state index in [0.717, 1.165) is 32.1 Å². The van der Waals surface area contributed by atoms with Gasteiger partial charge in [-0.2, -0.15) is 0 Å². The largest absolute Gasteiger partial charge is 0.394 e. The van der Waals surface area contributed by atoms with Crippen LogP contribution in [0.3, 0.4) is 0 Å². The molecule has 2 rings (SSSR count). The van der Waals surface area contributed by atoms with E-state index in [2.05, 4.69) is 6.58 Å². The van der Waals surface area contributed by atoms with Crippen molar-refractivity contribution in [1.29, 1.82) is 0 Å². The molecule has 2 saturated heterocycles. The van der Waals surface area contributed by atoms with Gasteiger partial charge < -0.3 is 54.7 Å². The fourth-order valence-corrected chi connectivity index (χ4v) is 3.64. The van der Waals surface area contributed by atoms with Crippen LogP contribution in [0, 0.1) is 0 Å². The van der Waals surface area contributed by atoms with E-state index in [1.807, 2.05) is 6.08 Å². The summed E-state index contributed by atoms with van der Waals surface area (Å²) in [5, 5.41) is 69.7. The number of rotatable bonds is 12.